The van der Waals surface area contributed by atoms with Gasteiger partial charge in [-0.05, 0) is 43.7 Å². The van der Waals surface area contributed by atoms with Crippen molar-refractivity contribution in [1.29, 1.82) is 0 Å². The lowest BCUT2D eigenvalue weighted by molar-refractivity contribution is -0.115. The Morgan fingerprint density at radius 1 is 1.03 bits per heavy atom. The Labute approximate surface area is 169 Å². The van der Waals surface area contributed by atoms with Crippen molar-refractivity contribution < 1.29 is 4.79 Å². The van der Waals surface area contributed by atoms with E-state index in [1.54, 1.807) is 24.5 Å². The van der Waals surface area contributed by atoms with Crippen LogP contribution < -0.4 is 5.32 Å². The number of pyridine rings is 2. The van der Waals surface area contributed by atoms with Crippen LogP contribution in [0.25, 0.3) is 17.1 Å². The molecule has 3 heterocycles. The molecule has 0 aliphatic carbocycles. The smallest absolute Gasteiger partial charge is 0.230 e. The third kappa shape index (κ3) is 4.21. The molecule has 6 nitrogen and oxygen atoms in total. The molecule has 1 N–H and O–H groups in total. The van der Waals surface area contributed by atoms with Gasteiger partial charge in [-0.15, -0.1) is 0 Å². The van der Waals surface area contributed by atoms with Crippen LogP contribution in [0.5, 0.6) is 0 Å². The lowest BCUT2D eigenvalue weighted by Crippen LogP contribution is -2.14. The lowest BCUT2D eigenvalue weighted by Gasteiger charge is -2.09. The van der Waals surface area contributed by atoms with E-state index in [0.29, 0.717) is 11.4 Å². The minimum absolute atomic E-state index is 0.126. The highest BCUT2D eigenvalue weighted by atomic mass is 16.1. The van der Waals surface area contributed by atoms with Gasteiger partial charge >= 0.3 is 0 Å². The minimum Gasteiger partial charge on any atom is -0.326 e. The van der Waals surface area contributed by atoms with Crippen LogP contribution in [0, 0.1) is 13.8 Å². The molecule has 0 atom stereocenters. The average molecular weight is 383 g/mol. The second-order valence-corrected chi connectivity index (χ2v) is 6.86. The van der Waals surface area contributed by atoms with Gasteiger partial charge in [0.1, 0.15) is 5.82 Å². The Bertz CT molecular complexity index is 1130. The fourth-order valence-corrected chi connectivity index (χ4v) is 3.13. The van der Waals surface area contributed by atoms with E-state index < -0.39 is 0 Å². The van der Waals surface area contributed by atoms with Crippen molar-refractivity contribution >= 4 is 11.6 Å². The highest BCUT2D eigenvalue weighted by Gasteiger charge is 2.16. The van der Waals surface area contributed by atoms with Crippen molar-refractivity contribution in [3.05, 3.63) is 90.3 Å². The number of hydrogen-bond donors (Lipinski definition) is 1. The molecular weight excluding hydrogens is 362 g/mol. The summed E-state index contributed by atoms with van der Waals surface area (Å²) in [4.78, 5) is 25.6. The maximum absolute atomic E-state index is 12.5. The monoisotopic (exact) mass is 383 g/mol. The quantitative estimate of drug-likeness (QED) is 0.562. The summed E-state index contributed by atoms with van der Waals surface area (Å²) in [6.07, 6.45) is 7.18. The molecule has 29 heavy (non-hydrogen) atoms. The molecule has 4 aromatic rings. The predicted octanol–water partition coefficient (Wildman–Crippen LogP) is 4.13. The molecule has 0 bridgehead atoms. The second-order valence-electron chi connectivity index (χ2n) is 6.86. The Hall–Kier alpha value is -3.80. The lowest BCUT2D eigenvalue weighted by atomic mass is 10.1. The van der Waals surface area contributed by atoms with Crippen LogP contribution in [0.4, 0.5) is 5.69 Å². The van der Waals surface area contributed by atoms with E-state index in [1.165, 1.54) is 0 Å². The summed E-state index contributed by atoms with van der Waals surface area (Å²) in [5.41, 5.74) is 5.40. The fourth-order valence-electron chi connectivity index (χ4n) is 3.13. The number of aromatic nitrogens is 4. The van der Waals surface area contributed by atoms with Crippen molar-refractivity contribution in [1.82, 2.24) is 19.5 Å². The summed E-state index contributed by atoms with van der Waals surface area (Å²) in [6.45, 7) is 4.01. The number of anilines is 1. The van der Waals surface area contributed by atoms with Gasteiger partial charge in [-0.1, -0.05) is 24.3 Å². The third-order valence-corrected chi connectivity index (χ3v) is 4.62. The Morgan fingerprint density at radius 2 is 1.83 bits per heavy atom. The number of benzene rings is 1. The van der Waals surface area contributed by atoms with Crippen LogP contribution in [0.2, 0.25) is 0 Å². The van der Waals surface area contributed by atoms with Crippen LogP contribution in [0.1, 0.15) is 17.0 Å². The van der Waals surface area contributed by atoms with Crippen LogP contribution in [-0.4, -0.2) is 25.4 Å². The van der Waals surface area contributed by atoms with Crippen molar-refractivity contribution in [3.8, 4) is 17.1 Å². The van der Waals surface area contributed by atoms with Gasteiger partial charge in [0.25, 0.3) is 0 Å². The Balaban J connectivity index is 1.69. The van der Waals surface area contributed by atoms with Gasteiger partial charge in [-0.2, -0.15) is 0 Å². The van der Waals surface area contributed by atoms with Gasteiger partial charge in [-0.3, -0.25) is 19.3 Å². The van der Waals surface area contributed by atoms with Gasteiger partial charge < -0.3 is 5.32 Å². The summed E-state index contributed by atoms with van der Waals surface area (Å²) in [5, 5.41) is 2.88. The molecule has 0 aliphatic heterocycles. The van der Waals surface area contributed by atoms with E-state index in [9.17, 15) is 4.79 Å². The molecule has 0 radical (unpaired) electrons. The molecule has 0 spiro atoms. The van der Waals surface area contributed by atoms with E-state index in [1.807, 2.05) is 54.2 Å². The van der Waals surface area contributed by atoms with Crippen LogP contribution in [-0.2, 0) is 11.2 Å². The number of carbonyl (C=O) groups is 1. The molecule has 6 heteroatoms. The summed E-state index contributed by atoms with van der Waals surface area (Å²) in [6, 6.07) is 15.6. The minimum atomic E-state index is -0.126. The molecular formula is C23H21N5O. The van der Waals surface area contributed by atoms with Crippen molar-refractivity contribution in [2.75, 3.05) is 5.32 Å². The van der Waals surface area contributed by atoms with Gasteiger partial charge in [0.15, 0.2) is 0 Å². The van der Waals surface area contributed by atoms with E-state index in [0.717, 1.165) is 28.3 Å². The SMILES string of the molecule is Cc1ccc(-n2cc(CC(=O)Nc3ccncc3)nc2-c2ccccc2C)cn1. The maximum atomic E-state index is 12.5. The van der Waals surface area contributed by atoms with Crippen molar-refractivity contribution in [3.63, 3.8) is 0 Å². The zero-order chi connectivity index (χ0) is 20.2. The number of nitrogens with zero attached hydrogens (tertiary/aromatic N) is 4. The summed E-state index contributed by atoms with van der Waals surface area (Å²) < 4.78 is 1.99. The largest absolute Gasteiger partial charge is 0.326 e. The number of imidazole rings is 1. The highest BCUT2D eigenvalue weighted by molar-refractivity contribution is 5.92. The fraction of sp³-hybridized carbons (Fsp3) is 0.130. The first kappa shape index (κ1) is 18.6. The van der Waals surface area contributed by atoms with Gasteiger partial charge in [0.05, 0.1) is 24.0 Å². The van der Waals surface area contributed by atoms with Gasteiger partial charge in [0, 0.05) is 35.5 Å². The van der Waals surface area contributed by atoms with E-state index >= 15 is 0 Å². The molecule has 0 unspecified atom stereocenters. The summed E-state index contributed by atoms with van der Waals surface area (Å²) >= 11 is 0. The molecule has 4 rings (SSSR count). The van der Waals surface area contributed by atoms with Gasteiger partial charge in [-0.25, -0.2) is 4.98 Å². The van der Waals surface area contributed by atoms with E-state index in [2.05, 4.69) is 28.3 Å². The Kier molecular flexibility index (Phi) is 5.16. The summed E-state index contributed by atoms with van der Waals surface area (Å²) in [5.74, 6) is 0.666. The number of aryl methyl sites for hydroxylation is 2. The number of hydrogen-bond acceptors (Lipinski definition) is 4. The zero-order valence-electron chi connectivity index (χ0n) is 16.3. The first-order valence-electron chi connectivity index (χ1n) is 9.37. The predicted molar refractivity (Wildman–Crippen MR) is 113 cm³/mol. The number of nitrogens with one attached hydrogen (secondary N) is 1. The van der Waals surface area contributed by atoms with Crippen LogP contribution in [0.15, 0.2) is 73.3 Å². The molecule has 0 saturated heterocycles. The molecule has 0 saturated carbocycles. The molecule has 144 valence electrons. The topological polar surface area (TPSA) is 72.7 Å². The zero-order valence-corrected chi connectivity index (χ0v) is 16.3. The molecule has 0 aliphatic rings. The highest BCUT2D eigenvalue weighted by Crippen LogP contribution is 2.26. The molecule has 3 aromatic heterocycles. The summed E-state index contributed by atoms with van der Waals surface area (Å²) in [7, 11) is 0. The molecule has 1 amide bonds. The first-order chi connectivity index (χ1) is 14.1. The molecule has 0 fully saturated rings. The number of carbonyl (C=O) groups excluding carboxylic acids is 1. The van der Waals surface area contributed by atoms with E-state index in [-0.39, 0.29) is 12.3 Å². The standard InChI is InChI=1S/C23H21N5O/c1-16-5-3-4-6-21(16)23-27-19(13-22(29)26-18-9-11-24-12-10-18)15-28(23)20-8-7-17(2)25-14-20/h3-12,14-15H,13H2,1-2H3,(H,24,26,29). The maximum Gasteiger partial charge on any atom is 0.230 e. The number of rotatable bonds is 5. The Morgan fingerprint density at radius 3 is 2.55 bits per heavy atom. The van der Waals surface area contributed by atoms with Crippen LogP contribution >= 0.6 is 0 Å². The first-order valence-corrected chi connectivity index (χ1v) is 9.37. The second kappa shape index (κ2) is 8.06. The molecule has 1 aromatic carbocycles. The third-order valence-electron chi connectivity index (χ3n) is 4.62. The number of amides is 1. The van der Waals surface area contributed by atoms with Crippen LogP contribution in [0.3, 0.4) is 0 Å². The van der Waals surface area contributed by atoms with E-state index in [4.69, 9.17) is 4.98 Å². The van der Waals surface area contributed by atoms with Crippen molar-refractivity contribution in [2.45, 2.75) is 20.3 Å². The van der Waals surface area contributed by atoms with Crippen molar-refractivity contribution in [2.24, 2.45) is 0 Å². The normalized spacial score (nSPS) is 10.7. The van der Waals surface area contributed by atoms with Gasteiger partial charge in [0.2, 0.25) is 5.91 Å². The average Bonchev–Trinajstić information content (AvgIpc) is 3.13.